The molecule has 0 radical (unpaired) electrons. The average Bonchev–Trinajstić information content (AvgIpc) is 2.37. The van der Waals surface area contributed by atoms with Gasteiger partial charge in [0.15, 0.2) is 0 Å². The molecule has 1 N–H and O–H groups in total. The molecule has 2 fully saturated rings. The summed E-state index contributed by atoms with van der Waals surface area (Å²) in [7, 11) is 1.91. The maximum Gasteiger partial charge on any atom is 0.229 e. The Hall–Kier alpha value is -0.570. The zero-order valence-corrected chi connectivity index (χ0v) is 7.60. The van der Waals surface area contributed by atoms with E-state index in [1.807, 2.05) is 11.9 Å². The van der Waals surface area contributed by atoms with E-state index in [2.05, 4.69) is 5.32 Å². The van der Waals surface area contributed by atoms with Gasteiger partial charge in [0.05, 0.1) is 5.41 Å². The maximum atomic E-state index is 11.8. The summed E-state index contributed by atoms with van der Waals surface area (Å²) in [6, 6.07) is 0. The summed E-state index contributed by atoms with van der Waals surface area (Å²) in [6.45, 7) is 2.93. The standard InChI is InChI=1S/C9H16N2O/c1-11-6-4-9(8(11)12)3-2-5-10-7-9/h10H,2-7H2,1H3/t9-/m0/s1. The number of hydrogen-bond donors (Lipinski definition) is 1. The summed E-state index contributed by atoms with van der Waals surface area (Å²) < 4.78 is 0. The first-order valence-electron chi connectivity index (χ1n) is 4.71. The third-order valence-corrected chi connectivity index (χ3v) is 3.20. The van der Waals surface area contributed by atoms with Crippen LogP contribution < -0.4 is 5.32 Å². The van der Waals surface area contributed by atoms with Crippen molar-refractivity contribution in [2.45, 2.75) is 19.3 Å². The normalized spacial score (nSPS) is 36.4. The number of piperidine rings is 1. The highest BCUT2D eigenvalue weighted by Crippen LogP contribution is 2.36. The van der Waals surface area contributed by atoms with Crippen LogP contribution in [0.5, 0.6) is 0 Å². The van der Waals surface area contributed by atoms with Gasteiger partial charge in [0.2, 0.25) is 5.91 Å². The van der Waals surface area contributed by atoms with Crippen molar-refractivity contribution in [3.8, 4) is 0 Å². The minimum absolute atomic E-state index is 0.0208. The van der Waals surface area contributed by atoms with E-state index >= 15 is 0 Å². The molecule has 2 heterocycles. The number of carbonyl (C=O) groups excluding carboxylic acids is 1. The molecular weight excluding hydrogens is 152 g/mol. The van der Waals surface area contributed by atoms with Gasteiger partial charge in [0.25, 0.3) is 0 Å². The van der Waals surface area contributed by atoms with Crippen LogP contribution in [-0.2, 0) is 4.79 Å². The fraction of sp³-hybridized carbons (Fsp3) is 0.889. The topological polar surface area (TPSA) is 32.3 Å². The Bertz CT molecular complexity index is 191. The number of likely N-dealkylation sites (tertiary alicyclic amines) is 1. The molecule has 0 saturated carbocycles. The SMILES string of the molecule is CN1CC[C@]2(CCCNC2)C1=O. The summed E-state index contributed by atoms with van der Waals surface area (Å²) in [5.74, 6) is 0.356. The van der Waals surface area contributed by atoms with Crippen LogP contribution in [0.15, 0.2) is 0 Å². The van der Waals surface area contributed by atoms with Crippen LogP contribution in [-0.4, -0.2) is 37.5 Å². The van der Waals surface area contributed by atoms with E-state index in [9.17, 15) is 4.79 Å². The van der Waals surface area contributed by atoms with E-state index in [0.29, 0.717) is 5.91 Å². The summed E-state index contributed by atoms with van der Waals surface area (Å²) in [6.07, 6.45) is 3.29. The van der Waals surface area contributed by atoms with E-state index in [1.165, 1.54) is 0 Å². The Morgan fingerprint density at radius 2 is 2.33 bits per heavy atom. The van der Waals surface area contributed by atoms with Crippen molar-refractivity contribution in [2.24, 2.45) is 5.41 Å². The zero-order valence-electron chi connectivity index (χ0n) is 7.60. The highest BCUT2D eigenvalue weighted by Gasteiger charge is 2.45. The molecule has 2 aliphatic heterocycles. The van der Waals surface area contributed by atoms with E-state index in [-0.39, 0.29) is 5.41 Å². The van der Waals surface area contributed by atoms with Gasteiger partial charge in [0, 0.05) is 20.1 Å². The molecule has 1 atom stereocenters. The summed E-state index contributed by atoms with van der Waals surface area (Å²) in [5.41, 5.74) is -0.0208. The largest absolute Gasteiger partial charge is 0.345 e. The first-order chi connectivity index (χ1) is 5.75. The molecule has 0 aromatic heterocycles. The molecule has 1 amide bonds. The van der Waals surface area contributed by atoms with E-state index < -0.39 is 0 Å². The molecule has 0 aromatic rings. The van der Waals surface area contributed by atoms with Gasteiger partial charge in [-0.2, -0.15) is 0 Å². The lowest BCUT2D eigenvalue weighted by atomic mass is 9.79. The third kappa shape index (κ3) is 1.04. The van der Waals surface area contributed by atoms with Crippen LogP contribution in [0.2, 0.25) is 0 Å². The monoisotopic (exact) mass is 168 g/mol. The molecule has 2 saturated heterocycles. The van der Waals surface area contributed by atoms with Gasteiger partial charge >= 0.3 is 0 Å². The number of amides is 1. The molecule has 0 aliphatic carbocycles. The molecule has 2 aliphatic rings. The van der Waals surface area contributed by atoms with E-state index in [0.717, 1.165) is 38.9 Å². The smallest absolute Gasteiger partial charge is 0.229 e. The van der Waals surface area contributed by atoms with Crippen LogP contribution in [0.1, 0.15) is 19.3 Å². The van der Waals surface area contributed by atoms with Crippen molar-refractivity contribution in [1.29, 1.82) is 0 Å². The second kappa shape index (κ2) is 2.73. The minimum Gasteiger partial charge on any atom is -0.345 e. The van der Waals surface area contributed by atoms with Crippen LogP contribution >= 0.6 is 0 Å². The van der Waals surface area contributed by atoms with Crippen molar-refractivity contribution < 1.29 is 4.79 Å². The minimum atomic E-state index is -0.0208. The fourth-order valence-electron chi connectivity index (χ4n) is 2.36. The number of nitrogens with one attached hydrogen (secondary N) is 1. The van der Waals surface area contributed by atoms with Crippen LogP contribution in [0, 0.1) is 5.41 Å². The lowest BCUT2D eigenvalue weighted by Crippen LogP contribution is -2.45. The van der Waals surface area contributed by atoms with Gasteiger partial charge in [-0.3, -0.25) is 4.79 Å². The predicted molar refractivity (Wildman–Crippen MR) is 46.8 cm³/mol. The first-order valence-corrected chi connectivity index (χ1v) is 4.71. The molecule has 3 nitrogen and oxygen atoms in total. The number of hydrogen-bond acceptors (Lipinski definition) is 2. The molecule has 3 heteroatoms. The Labute approximate surface area is 73.1 Å². The maximum absolute atomic E-state index is 11.8. The lowest BCUT2D eigenvalue weighted by Gasteiger charge is -2.31. The highest BCUT2D eigenvalue weighted by atomic mass is 16.2. The Balaban J connectivity index is 2.14. The van der Waals surface area contributed by atoms with E-state index in [1.54, 1.807) is 0 Å². The summed E-state index contributed by atoms with van der Waals surface area (Å²) >= 11 is 0. The molecule has 1 spiro atoms. The van der Waals surface area contributed by atoms with Crippen LogP contribution in [0.3, 0.4) is 0 Å². The van der Waals surface area contributed by atoms with Crippen LogP contribution in [0.25, 0.3) is 0 Å². The Morgan fingerprint density at radius 1 is 1.50 bits per heavy atom. The zero-order chi connectivity index (χ0) is 8.60. The van der Waals surface area contributed by atoms with Gasteiger partial charge in [0.1, 0.15) is 0 Å². The molecule has 0 aromatic carbocycles. The molecule has 12 heavy (non-hydrogen) atoms. The first kappa shape index (κ1) is 8.05. The quantitative estimate of drug-likeness (QED) is 0.561. The molecule has 2 rings (SSSR count). The molecule has 0 unspecified atom stereocenters. The van der Waals surface area contributed by atoms with Crippen molar-refractivity contribution in [3.63, 3.8) is 0 Å². The van der Waals surface area contributed by atoms with Gasteiger partial charge in [-0.25, -0.2) is 0 Å². The second-order valence-corrected chi connectivity index (χ2v) is 4.04. The molecule has 68 valence electrons. The summed E-state index contributed by atoms with van der Waals surface area (Å²) in [4.78, 5) is 13.6. The van der Waals surface area contributed by atoms with Crippen molar-refractivity contribution in [2.75, 3.05) is 26.7 Å². The van der Waals surface area contributed by atoms with Crippen molar-refractivity contribution >= 4 is 5.91 Å². The van der Waals surface area contributed by atoms with E-state index in [4.69, 9.17) is 0 Å². The highest BCUT2D eigenvalue weighted by molar-refractivity contribution is 5.85. The van der Waals surface area contributed by atoms with Crippen LogP contribution in [0.4, 0.5) is 0 Å². The summed E-state index contributed by atoms with van der Waals surface area (Å²) in [5, 5.41) is 3.32. The van der Waals surface area contributed by atoms with Gasteiger partial charge in [-0.05, 0) is 25.8 Å². The van der Waals surface area contributed by atoms with Crippen molar-refractivity contribution in [3.05, 3.63) is 0 Å². The van der Waals surface area contributed by atoms with Gasteiger partial charge < -0.3 is 10.2 Å². The number of nitrogens with zero attached hydrogens (tertiary/aromatic N) is 1. The lowest BCUT2D eigenvalue weighted by molar-refractivity contribution is -0.135. The van der Waals surface area contributed by atoms with Gasteiger partial charge in [-0.1, -0.05) is 0 Å². The Morgan fingerprint density at radius 3 is 2.83 bits per heavy atom. The van der Waals surface area contributed by atoms with Crippen molar-refractivity contribution in [1.82, 2.24) is 10.2 Å². The molecule has 0 bridgehead atoms. The molecular formula is C9H16N2O. The predicted octanol–water partition coefficient (Wildman–Crippen LogP) is 0.218. The fourth-order valence-corrected chi connectivity index (χ4v) is 2.36. The van der Waals surface area contributed by atoms with Gasteiger partial charge in [-0.15, -0.1) is 0 Å². The number of carbonyl (C=O) groups is 1. The number of rotatable bonds is 0. The average molecular weight is 168 g/mol. The third-order valence-electron chi connectivity index (χ3n) is 3.20. The second-order valence-electron chi connectivity index (χ2n) is 4.04. The Kier molecular flexibility index (Phi) is 1.83.